The van der Waals surface area contributed by atoms with Gasteiger partial charge in [0.15, 0.2) is 0 Å². The summed E-state index contributed by atoms with van der Waals surface area (Å²) in [5.41, 5.74) is 0.739. The fourth-order valence-electron chi connectivity index (χ4n) is 1.71. The first-order valence-electron chi connectivity index (χ1n) is 5.53. The van der Waals surface area contributed by atoms with Crippen LogP contribution in [0.4, 0.5) is 0 Å². The Kier molecular flexibility index (Phi) is 3.24. The van der Waals surface area contributed by atoms with Crippen LogP contribution in [-0.2, 0) is 10.6 Å². The van der Waals surface area contributed by atoms with Crippen molar-refractivity contribution in [3.63, 3.8) is 0 Å². The molecular weight excluding hydrogens is 275 g/mol. The van der Waals surface area contributed by atoms with Crippen molar-refractivity contribution in [3.05, 3.63) is 29.0 Å². The molecule has 0 radical (unpaired) electrons. The van der Waals surface area contributed by atoms with Crippen molar-refractivity contribution in [2.45, 2.75) is 12.0 Å². The van der Waals surface area contributed by atoms with Gasteiger partial charge in [0.1, 0.15) is 11.9 Å². The molecule has 1 aromatic heterocycles. The molecule has 0 spiro atoms. The molecule has 0 bridgehead atoms. The molecule has 0 saturated carbocycles. The van der Waals surface area contributed by atoms with E-state index in [1.54, 1.807) is 12.1 Å². The van der Waals surface area contributed by atoms with Gasteiger partial charge in [-0.15, -0.1) is 11.6 Å². The summed E-state index contributed by atoms with van der Waals surface area (Å²) in [6, 6.07) is 5.42. The number of alkyl halides is 1. The number of rotatable bonds is 3. The van der Waals surface area contributed by atoms with Crippen LogP contribution in [0.3, 0.4) is 0 Å². The molecule has 1 fully saturated rings. The molecule has 4 nitrogen and oxygen atoms in total. The first-order valence-corrected chi connectivity index (χ1v) is 6.44. The van der Waals surface area contributed by atoms with E-state index in [9.17, 15) is 0 Å². The van der Waals surface area contributed by atoms with Gasteiger partial charge < -0.3 is 9.47 Å². The van der Waals surface area contributed by atoms with E-state index in [2.05, 4.69) is 9.97 Å². The minimum absolute atomic E-state index is 0.0574. The van der Waals surface area contributed by atoms with E-state index in [1.165, 1.54) is 0 Å². The molecule has 3 rings (SSSR count). The molecule has 2 aromatic rings. The molecule has 2 heterocycles. The number of ether oxygens (including phenoxy) is 2. The topological polar surface area (TPSA) is 44.2 Å². The van der Waals surface area contributed by atoms with E-state index in [0.717, 1.165) is 10.9 Å². The maximum Gasteiger partial charge on any atom is 0.225 e. The Labute approximate surface area is 114 Å². The molecule has 1 aliphatic rings. The van der Waals surface area contributed by atoms with Crippen molar-refractivity contribution in [2.24, 2.45) is 0 Å². The van der Waals surface area contributed by atoms with Crippen molar-refractivity contribution in [1.29, 1.82) is 0 Å². The summed E-state index contributed by atoms with van der Waals surface area (Å²) < 4.78 is 10.8. The zero-order valence-corrected chi connectivity index (χ0v) is 10.9. The van der Waals surface area contributed by atoms with E-state index < -0.39 is 0 Å². The summed E-state index contributed by atoms with van der Waals surface area (Å²) in [6.07, 6.45) is 0.0574. The monoisotopic (exact) mass is 284 g/mol. The standard InChI is InChI=1S/C12H10Cl2N2O2/c13-4-11-15-10-3-7(14)1-2-9(10)12(16-11)18-8-5-17-6-8/h1-3,8H,4-6H2. The predicted molar refractivity (Wildman–Crippen MR) is 69.3 cm³/mol. The second-order valence-electron chi connectivity index (χ2n) is 4.02. The fraction of sp³-hybridized carbons (Fsp3) is 0.333. The molecule has 1 saturated heterocycles. The Morgan fingerprint density at radius 1 is 1.33 bits per heavy atom. The van der Waals surface area contributed by atoms with Gasteiger partial charge in [-0.1, -0.05) is 11.6 Å². The van der Waals surface area contributed by atoms with Crippen molar-refractivity contribution in [1.82, 2.24) is 9.97 Å². The van der Waals surface area contributed by atoms with Crippen molar-refractivity contribution < 1.29 is 9.47 Å². The highest BCUT2D eigenvalue weighted by Gasteiger charge is 2.22. The largest absolute Gasteiger partial charge is 0.469 e. The summed E-state index contributed by atoms with van der Waals surface area (Å²) in [5.74, 6) is 1.31. The number of halogens is 2. The summed E-state index contributed by atoms with van der Waals surface area (Å²) in [7, 11) is 0. The second kappa shape index (κ2) is 4.88. The van der Waals surface area contributed by atoms with Gasteiger partial charge in [0.25, 0.3) is 0 Å². The lowest BCUT2D eigenvalue weighted by molar-refractivity contribution is -0.0807. The van der Waals surface area contributed by atoms with Gasteiger partial charge in [-0.2, -0.15) is 4.98 Å². The maximum absolute atomic E-state index is 5.96. The van der Waals surface area contributed by atoms with Crippen LogP contribution in [0.5, 0.6) is 5.88 Å². The van der Waals surface area contributed by atoms with Gasteiger partial charge >= 0.3 is 0 Å². The van der Waals surface area contributed by atoms with Crippen molar-refractivity contribution in [2.75, 3.05) is 13.2 Å². The molecule has 0 atom stereocenters. The molecule has 18 heavy (non-hydrogen) atoms. The lowest BCUT2D eigenvalue weighted by Gasteiger charge is -2.26. The zero-order chi connectivity index (χ0) is 12.5. The minimum atomic E-state index is 0.0574. The van der Waals surface area contributed by atoms with Crippen LogP contribution in [0.15, 0.2) is 18.2 Å². The van der Waals surface area contributed by atoms with E-state index in [1.807, 2.05) is 6.07 Å². The molecule has 1 aliphatic heterocycles. The normalized spacial score (nSPS) is 15.7. The van der Waals surface area contributed by atoms with Gasteiger partial charge in [-0.3, -0.25) is 0 Å². The summed E-state index contributed by atoms with van der Waals surface area (Å²) in [4.78, 5) is 8.63. The zero-order valence-electron chi connectivity index (χ0n) is 9.40. The van der Waals surface area contributed by atoms with Gasteiger partial charge in [0.05, 0.1) is 30.0 Å². The Bertz CT molecular complexity index is 588. The fourth-order valence-corrected chi connectivity index (χ4v) is 2.00. The molecular formula is C12H10Cl2N2O2. The summed E-state index contributed by atoms with van der Waals surface area (Å²) >= 11 is 11.7. The number of nitrogens with zero attached hydrogens (tertiary/aromatic N) is 2. The van der Waals surface area contributed by atoms with E-state index in [-0.39, 0.29) is 12.0 Å². The molecule has 0 unspecified atom stereocenters. The Morgan fingerprint density at radius 2 is 2.17 bits per heavy atom. The average molecular weight is 285 g/mol. The Balaban J connectivity index is 2.08. The number of aromatic nitrogens is 2. The highest BCUT2D eigenvalue weighted by atomic mass is 35.5. The van der Waals surface area contributed by atoms with Crippen LogP contribution in [0.2, 0.25) is 5.02 Å². The number of hydrogen-bond acceptors (Lipinski definition) is 4. The third-order valence-corrected chi connectivity index (χ3v) is 3.15. The Morgan fingerprint density at radius 3 is 2.83 bits per heavy atom. The van der Waals surface area contributed by atoms with Gasteiger partial charge in [-0.25, -0.2) is 4.98 Å². The average Bonchev–Trinajstić information content (AvgIpc) is 2.32. The molecule has 94 valence electrons. The van der Waals surface area contributed by atoms with Crippen LogP contribution in [0, 0.1) is 0 Å². The van der Waals surface area contributed by atoms with Crippen LogP contribution in [0.1, 0.15) is 5.82 Å². The first kappa shape index (κ1) is 12.0. The minimum Gasteiger partial charge on any atom is -0.469 e. The van der Waals surface area contributed by atoms with E-state index in [4.69, 9.17) is 32.7 Å². The van der Waals surface area contributed by atoms with Crippen LogP contribution >= 0.6 is 23.2 Å². The quantitative estimate of drug-likeness (QED) is 0.813. The Hall–Kier alpha value is -1.10. The number of benzene rings is 1. The van der Waals surface area contributed by atoms with Crippen molar-refractivity contribution in [3.8, 4) is 5.88 Å². The van der Waals surface area contributed by atoms with E-state index >= 15 is 0 Å². The second-order valence-corrected chi connectivity index (χ2v) is 4.72. The molecule has 0 aliphatic carbocycles. The third-order valence-electron chi connectivity index (χ3n) is 2.68. The van der Waals surface area contributed by atoms with Gasteiger partial charge in [0.2, 0.25) is 5.88 Å². The van der Waals surface area contributed by atoms with Crippen LogP contribution < -0.4 is 4.74 Å². The van der Waals surface area contributed by atoms with Gasteiger partial charge in [-0.05, 0) is 18.2 Å². The summed E-state index contributed by atoms with van der Waals surface area (Å²) in [6.45, 7) is 1.19. The smallest absolute Gasteiger partial charge is 0.225 e. The molecule has 1 aromatic carbocycles. The van der Waals surface area contributed by atoms with Crippen molar-refractivity contribution >= 4 is 34.1 Å². The molecule has 6 heteroatoms. The number of hydrogen-bond donors (Lipinski definition) is 0. The molecule has 0 N–H and O–H groups in total. The lowest BCUT2D eigenvalue weighted by atomic mass is 10.2. The van der Waals surface area contributed by atoms with Crippen LogP contribution in [-0.4, -0.2) is 29.3 Å². The van der Waals surface area contributed by atoms with E-state index in [0.29, 0.717) is 29.9 Å². The predicted octanol–water partition coefficient (Wildman–Crippen LogP) is 2.80. The molecule has 0 amide bonds. The highest BCUT2D eigenvalue weighted by Crippen LogP contribution is 2.27. The summed E-state index contributed by atoms with van der Waals surface area (Å²) in [5, 5.41) is 1.46. The van der Waals surface area contributed by atoms with Crippen LogP contribution in [0.25, 0.3) is 10.9 Å². The lowest BCUT2D eigenvalue weighted by Crippen LogP contribution is -2.38. The maximum atomic E-state index is 5.96. The number of fused-ring (bicyclic) bond motifs is 1. The third kappa shape index (κ3) is 2.23. The first-order chi connectivity index (χ1) is 8.76. The SMILES string of the molecule is ClCc1nc(OC2COC2)c2ccc(Cl)cc2n1. The highest BCUT2D eigenvalue weighted by molar-refractivity contribution is 6.31. The van der Waals surface area contributed by atoms with Gasteiger partial charge in [0, 0.05) is 5.02 Å².